The number of aryl methyl sites for hydroxylation is 1. The number of pyridine rings is 1. The highest BCUT2D eigenvalue weighted by Crippen LogP contribution is 2.14. The molecular formula is C17H18ClN3O3. The summed E-state index contributed by atoms with van der Waals surface area (Å²) >= 11 is 6.04. The molecule has 0 aliphatic heterocycles. The number of anilines is 1. The maximum absolute atomic E-state index is 12.3. The first kappa shape index (κ1) is 17.7. The predicted octanol–water partition coefficient (Wildman–Crippen LogP) is 2.08. The van der Waals surface area contributed by atoms with Crippen molar-refractivity contribution in [2.45, 2.75) is 26.9 Å². The van der Waals surface area contributed by atoms with Crippen molar-refractivity contribution >= 4 is 29.1 Å². The number of carbonyl (C=O) groups excluding carboxylic acids is 2. The van der Waals surface area contributed by atoms with Gasteiger partial charge in [-0.05, 0) is 30.7 Å². The molecule has 0 saturated heterocycles. The van der Waals surface area contributed by atoms with E-state index < -0.39 is 5.56 Å². The number of nitrogens with zero attached hydrogens (tertiary/aromatic N) is 1. The Morgan fingerprint density at radius 1 is 1.17 bits per heavy atom. The van der Waals surface area contributed by atoms with Gasteiger partial charge in [0, 0.05) is 24.2 Å². The lowest BCUT2D eigenvalue weighted by atomic mass is 10.2. The van der Waals surface area contributed by atoms with E-state index in [2.05, 4.69) is 10.6 Å². The number of aromatic nitrogens is 1. The summed E-state index contributed by atoms with van der Waals surface area (Å²) in [6, 6.07) is 10.4. The molecule has 24 heavy (non-hydrogen) atoms. The van der Waals surface area contributed by atoms with E-state index in [9.17, 15) is 14.4 Å². The highest BCUT2D eigenvalue weighted by Gasteiger charge is 2.11. The van der Waals surface area contributed by atoms with Gasteiger partial charge in [0.25, 0.3) is 5.56 Å². The Morgan fingerprint density at radius 2 is 1.88 bits per heavy atom. The number of amides is 2. The Kier molecular flexibility index (Phi) is 5.76. The first-order valence-electron chi connectivity index (χ1n) is 7.36. The summed E-state index contributed by atoms with van der Waals surface area (Å²) in [5.74, 6) is -0.661. The van der Waals surface area contributed by atoms with Gasteiger partial charge in [0.05, 0.1) is 0 Å². The summed E-state index contributed by atoms with van der Waals surface area (Å²) in [5.41, 5.74) is 1.15. The van der Waals surface area contributed by atoms with Crippen LogP contribution in [0.3, 0.4) is 0 Å². The van der Waals surface area contributed by atoms with Crippen LogP contribution in [0.25, 0.3) is 0 Å². The third kappa shape index (κ3) is 4.45. The van der Waals surface area contributed by atoms with Crippen LogP contribution in [0.1, 0.15) is 18.2 Å². The normalized spacial score (nSPS) is 10.3. The summed E-state index contributed by atoms with van der Waals surface area (Å²) in [6.07, 6.45) is 0. The van der Waals surface area contributed by atoms with Crippen molar-refractivity contribution in [3.05, 3.63) is 63.0 Å². The fourth-order valence-corrected chi connectivity index (χ4v) is 2.39. The number of hydrogen-bond donors (Lipinski definition) is 2. The molecule has 126 valence electrons. The third-order valence-corrected chi connectivity index (χ3v) is 3.81. The number of rotatable bonds is 5. The summed E-state index contributed by atoms with van der Waals surface area (Å²) in [6.45, 7) is 3.18. The van der Waals surface area contributed by atoms with Gasteiger partial charge in [0.15, 0.2) is 0 Å². The average Bonchev–Trinajstić information content (AvgIpc) is 2.53. The van der Waals surface area contributed by atoms with E-state index in [0.717, 1.165) is 5.56 Å². The molecule has 0 saturated carbocycles. The second-order valence-corrected chi connectivity index (χ2v) is 5.74. The Labute approximate surface area is 144 Å². The molecule has 1 aromatic carbocycles. The summed E-state index contributed by atoms with van der Waals surface area (Å²) in [5, 5.41) is 5.76. The maximum Gasteiger partial charge on any atom is 0.274 e. The Balaban J connectivity index is 2.10. The number of benzene rings is 1. The van der Waals surface area contributed by atoms with Gasteiger partial charge in [-0.2, -0.15) is 0 Å². The van der Waals surface area contributed by atoms with Crippen LogP contribution >= 0.6 is 11.6 Å². The van der Waals surface area contributed by atoms with Crippen LogP contribution < -0.4 is 16.2 Å². The minimum Gasteiger partial charge on any atom is -0.350 e. The van der Waals surface area contributed by atoms with Gasteiger partial charge in [0.2, 0.25) is 11.8 Å². The first-order valence-corrected chi connectivity index (χ1v) is 7.74. The molecule has 0 unspecified atom stereocenters. The molecule has 6 nitrogen and oxygen atoms in total. The number of hydrogen-bond acceptors (Lipinski definition) is 3. The van der Waals surface area contributed by atoms with Gasteiger partial charge in [0.1, 0.15) is 12.2 Å². The quantitative estimate of drug-likeness (QED) is 0.869. The monoisotopic (exact) mass is 347 g/mol. The molecule has 0 atom stereocenters. The molecule has 0 bridgehead atoms. The van der Waals surface area contributed by atoms with E-state index in [1.54, 1.807) is 19.1 Å². The highest BCUT2D eigenvalue weighted by atomic mass is 35.5. The second kappa shape index (κ2) is 7.79. The molecule has 2 aromatic rings. The SMILES string of the molecule is CC(=O)Nc1ccc(C)n(CC(=O)NCc2ccccc2Cl)c1=O. The van der Waals surface area contributed by atoms with Gasteiger partial charge < -0.3 is 15.2 Å². The van der Waals surface area contributed by atoms with Crippen molar-refractivity contribution in [1.82, 2.24) is 9.88 Å². The van der Waals surface area contributed by atoms with Crippen LogP contribution in [0.5, 0.6) is 0 Å². The van der Waals surface area contributed by atoms with Crippen LogP contribution in [0.15, 0.2) is 41.2 Å². The first-order chi connectivity index (χ1) is 11.4. The minimum absolute atomic E-state index is 0.136. The molecule has 1 heterocycles. The van der Waals surface area contributed by atoms with E-state index >= 15 is 0 Å². The Morgan fingerprint density at radius 3 is 2.54 bits per heavy atom. The van der Waals surface area contributed by atoms with E-state index in [4.69, 9.17) is 11.6 Å². The second-order valence-electron chi connectivity index (χ2n) is 5.33. The van der Waals surface area contributed by atoms with Crippen LogP contribution in [-0.4, -0.2) is 16.4 Å². The van der Waals surface area contributed by atoms with Crippen LogP contribution in [0, 0.1) is 6.92 Å². The Bertz CT molecular complexity index is 830. The zero-order valence-electron chi connectivity index (χ0n) is 13.4. The number of nitrogens with one attached hydrogen (secondary N) is 2. The summed E-state index contributed by atoms with van der Waals surface area (Å²) in [4.78, 5) is 35.6. The third-order valence-electron chi connectivity index (χ3n) is 3.44. The molecule has 2 amide bonds. The van der Waals surface area contributed by atoms with Gasteiger partial charge in [-0.1, -0.05) is 29.8 Å². The van der Waals surface area contributed by atoms with E-state index in [0.29, 0.717) is 10.7 Å². The summed E-state index contributed by atoms with van der Waals surface area (Å²) in [7, 11) is 0. The van der Waals surface area contributed by atoms with Crippen molar-refractivity contribution in [3.8, 4) is 0 Å². The smallest absolute Gasteiger partial charge is 0.274 e. The molecule has 2 N–H and O–H groups in total. The minimum atomic E-state index is -0.418. The van der Waals surface area contributed by atoms with E-state index in [1.165, 1.54) is 17.6 Å². The number of carbonyl (C=O) groups is 2. The van der Waals surface area contributed by atoms with Crippen molar-refractivity contribution in [2.24, 2.45) is 0 Å². The molecule has 0 aliphatic carbocycles. The zero-order valence-corrected chi connectivity index (χ0v) is 14.2. The van der Waals surface area contributed by atoms with Crippen molar-refractivity contribution in [1.29, 1.82) is 0 Å². The van der Waals surface area contributed by atoms with Crippen LogP contribution in [0.4, 0.5) is 5.69 Å². The van der Waals surface area contributed by atoms with Crippen LogP contribution in [0.2, 0.25) is 5.02 Å². The van der Waals surface area contributed by atoms with Gasteiger partial charge in [-0.3, -0.25) is 14.4 Å². The largest absolute Gasteiger partial charge is 0.350 e. The molecule has 0 fully saturated rings. The van der Waals surface area contributed by atoms with Crippen molar-refractivity contribution in [3.63, 3.8) is 0 Å². The van der Waals surface area contributed by atoms with Gasteiger partial charge in [-0.15, -0.1) is 0 Å². The summed E-state index contributed by atoms with van der Waals surface area (Å²) < 4.78 is 1.31. The highest BCUT2D eigenvalue weighted by molar-refractivity contribution is 6.31. The topological polar surface area (TPSA) is 80.2 Å². The van der Waals surface area contributed by atoms with Gasteiger partial charge in [-0.25, -0.2) is 0 Å². The van der Waals surface area contributed by atoms with Crippen molar-refractivity contribution < 1.29 is 9.59 Å². The molecule has 0 radical (unpaired) electrons. The molecule has 7 heteroatoms. The fourth-order valence-electron chi connectivity index (χ4n) is 2.19. The van der Waals surface area contributed by atoms with Gasteiger partial charge >= 0.3 is 0 Å². The fraction of sp³-hybridized carbons (Fsp3) is 0.235. The predicted molar refractivity (Wildman–Crippen MR) is 93.0 cm³/mol. The molecule has 1 aromatic heterocycles. The average molecular weight is 348 g/mol. The lowest BCUT2D eigenvalue weighted by molar-refractivity contribution is -0.121. The zero-order chi connectivity index (χ0) is 17.7. The molecule has 0 aliphatic rings. The lowest BCUT2D eigenvalue weighted by Gasteiger charge is -2.12. The molecule has 2 rings (SSSR count). The lowest BCUT2D eigenvalue weighted by Crippen LogP contribution is -2.34. The van der Waals surface area contributed by atoms with E-state index in [1.807, 2.05) is 18.2 Å². The van der Waals surface area contributed by atoms with E-state index in [-0.39, 0.29) is 30.6 Å². The number of halogens is 1. The maximum atomic E-state index is 12.3. The standard InChI is InChI=1S/C17H18ClN3O3/c1-11-7-8-15(20-12(2)22)17(24)21(11)10-16(23)19-9-13-5-3-4-6-14(13)18/h3-8H,9-10H2,1-2H3,(H,19,23)(H,20,22). The Hall–Kier alpha value is -2.60. The molecule has 0 spiro atoms. The van der Waals surface area contributed by atoms with Crippen molar-refractivity contribution in [2.75, 3.05) is 5.32 Å². The van der Waals surface area contributed by atoms with Crippen LogP contribution in [-0.2, 0) is 22.7 Å². The molecular weight excluding hydrogens is 330 g/mol.